The fourth-order valence-electron chi connectivity index (χ4n) is 7.12. The second-order valence-corrected chi connectivity index (χ2v) is 14.9. The molecule has 0 saturated carbocycles. The SMILES string of the molecule is CC1(C)OC1CCC1(C)OC1CCC1(CCC2OC2C2(CCC3OC3(C)CCC3OC3(C)C)CO2)CO1. The van der Waals surface area contributed by atoms with E-state index in [1.165, 1.54) is 0 Å². The molecule has 7 heterocycles. The maximum Gasteiger partial charge on any atom is 0.120 e. The van der Waals surface area contributed by atoms with E-state index in [9.17, 15) is 0 Å². The Morgan fingerprint density at radius 2 is 1.00 bits per heavy atom. The lowest BCUT2D eigenvalue weighted by atomic mass is 9.89. The molecular formula is C30H48O7. The van der Waals surface area contributed by atoms with Gasteiger partial charge in [0.25, 0.3) is 0 Å². The molecule has 7 heteroatoms. The smallest absolute Gasteiger partial charge is 0.120 e. The third-order valence-electron chi connectivity index (χ3n) is 10.9. The molecule has 7 fully saturated rings. The Labute approximate surface area is 222 Å². The minimum Gasteiger partial charge on any atom is -0.370 e. The predicted octanol–water partition coefficient (Wildman–Crippen LogP) is 4.86. The van der Waals surface area contributed by atoms with Crippen molar-refractivity contribution in [2.75, 3.05) is 13.2 Å². The van der Waals surface area contributed by atoms with Crippen LogP contribution in [0.1, 0.15) is 106 Å². The second-order valence-electron chi connectivity index (χ2n) is 14.9. The van der Waals surface area contributed by atoms with E-state index in [1.54, 1.807) is 0 Å². The standard InChI is InChI=1S/C30H48O7/c1-25(2)20(34-25)8-12-27(5)22(36-27)10-15-29(17-31-29)14-7-19-24(33-19)30(18-32-30)16-11-23-28(6,37-23)13-9-21-26(3,4)35-21/h19-24H,7-18H2,1-6H3. The molecular weight excluding hydrogens is 472 g/mol. The monoisotopic (exact) mass is 520 g/mol. The van der Waals surface area contributed by atoms with Crippen molar-refractivity contribution >= 4 is 0 Å². The topological polar surface area (TPSA) is 87.7 Å². The zero-order valence-electron chi connectivity index (χ0n) is 23.8. The van der Waals surface area contributed by atoms with Crippen LogP contribution in [0, 0.1) is 0 Å². The molecule has 0 aliphatic carbocycles. The van der Waals surface area contributed by atoms with Crippen LogP contribution in [0.5, 0.6) is 0 Å². The summed E-state index contributed by atoms with van der Waals surface area (Å²) in [6.45, 7) is 15.0. The highest BCUT2D eigenvalue weighted by molar-refractivity contribution is 5.12. The van der Waals surface area contributed by atoms with E-state index in [2.05, 4.69) is 41.5 Å². The van der Waals surface area contributed by atoms with Gasteiger partial charge in [-0.1, -0.05) is 0 Å². The van der Waals surface area contributed by atoms with Gasteiger partial charge in [0.15, 0.2) is 0 Å². The Hall–Kier alpha value is -0.280. The molecule has 0 aromatic heterocycles. The zero-order valence-corrected chi connectivity index (χ0v) is 23.8. The number of epoxide rings is 7. The molecule has 10 atom stereocenters. The molecule has 0 bridgehead atoms. The largest absolute Gasteiger partial charge is 0.370 e. The summed E-state index contributed by atoms with van der Waals surface area (Å²) in [6, 6.07) is 0. The molecule has 37 heavy (non-hydrogen) atoms. The van der Waals surface area contributed by atoms with Crippen molar-refractivity contribution in [3.05, 3.63) is 0 Å². The summed E-state index contributed by atoms with van der Waals surface area (Å²) in [6.07, 6.45) is 13.0. The van der Waals surface area contributed by atoms with Crippen LogP contribution in [0.2, 0.25) is 0 Å². The van der Waals surface area contributed by atoms with Crippen LogP contribution in [0.25, 0.3) is 0 Å². The fourth-order valence-corrected chi connectivity index (χ4v) is 7.12. The number of ether oxygens (including phenoxy) is 7. The van der Waals surface area contributed by atoms with Crippen molar-refractivity contribution in [2.24, 2.45) is 0 Å². The highest BCUT2D eigenvalue weighted by atomic mass is 16.7. The normalized spacial score (nSPS) is 53.0. The van der Waals surface area contributed by atoms with Crippen molar-refractivity contribution in [2.45, 2.75) is 176 Å². The van der Waals surface area contributed by atoms with Crippen LogP contribution >= 0.6 is 0 Å². The van der Waals surface area contributed by atoms with Crippen LogP contribution in [0.3, 0.4) is 0 Å². The quantitative estimate of drug-likeness (QED) is 0.269. The van der Waals surface area contributed by atoms with Gasteiger partial charge in [0.1, 0.15) is 11.7 Å². The average molecular weight is 521 g/mol. The summed E-state index contributed by atoms with van der Waals surface area (Å²) < 4.78 is 41.8. The van der Waals surface area contributed by atoms with Gasteiger partial charge in [-0.05, 0) is 106 Å². The summed E-state index contributed by atoms with van der Waals surface area (Å²) in [5.74, 6) is 0. The summed E-state index contributed by atoms with van der Waals surface area (Å²) in [7, 11) is 0. The highest BCUT2D eigenvalue weighted by Crippen LogP contribution is 2.54. The molecule has 0 aromatic carbocycles. The van der Waals surface area contributed by atoms with Gasteiger partial charge >= 0.3 is 0 Å². The first-order valence-electron chi connectivity index (χ1n) is 15.0. The Bertz CT molecular complexity index is 910. The highest BCUT2D eigenvalue weighted by Gasteiger charge is 2.65. The molecule has 210 valence electrons. The van der Waals surface area contributed by atoms with Crippen molar-refractivity contribution in [1.82, 2.24) is 0 Å². The van der Waals surface area contributed by atoms with Crippen LogP contribution in [-0.4, -0.2) is 83.4 Å². The third-order valence-corrected chi connectivity index (χ3v) is 10.9. The van der Waals surface area contributed by atoms with E-state index in [0.717, 1.165) is 77.4 Å². The van der Waals surface area contributed by atoms with E-state index in [0.29, 0.717) is 30.5 Å². The van der Waals surface area contributed by atoms with Gasteiger partial charge in [-0.25, -0.2) is 0 Å². The van der Waals surface area contributed by atoms with Gasteiger partial charge in [0.2, 0.25) is 0 Å². The number of hydrogen-bond donors (Lipinski definition) is 0. The third kappa shape index (κ3) is 5.28. The van der Waals surface area contributed by atoms with Gasteiger partial charge in [0.05, 0.1) is 71.7 Å². The number of rotatable bonds is 16. The van der Waals surface area contributed by atoms with Crippen molar-refractivity contribution < 1.29 is 33.2 Å². The van der Waals surface area contributed by atoms with Crippen molar-refractivity contribution in [1.29, 1.82) is 0 Å². The summed E-state index contributed by atoms with van der Waals surface area (Å²) in [5.41, 5.74) is 0.231. The van der Waals surface area contributed by atoms with E-state index >= 15 is 0 Å². The molecule has 0 radical (unpaired) electrons. The molecule has 7 nitrogen and oxygen atoms in total. The molecule has 7 saturated heterocycles. The van der Waals surface area contributed by atoms with Crippen LogP contribution < -0.4 is 0 Å². The zero-order chi connectivity index (χ0) is 25.9. The molecule has 0 amide bonds. The van der Waals surface area contributed by atoms with Crippen molar-refractivity contribution in [3.63, 3.8) is 0 Å². The molecule has 10 unspecified atom stereocenters. The predicted molar refractivity (Wildman–Crippen MR) is 137 cm³/mol. The Morgan fingerprint density at radius 1 is 0.541 bits per heavy atom. The maximum absolute atomic E-state index is 6.16. The van der Waals surface area contributed by atoms with Crippen LogP contribution in [0.4, 0.5) is 0 Å². The second kappa shape index (κ2) is 8.14. The summed E-state index contributed by atoms with van der Waals surface area (Å²) >= 11 is 0. The van der Waals surface area contributed by atoms with E-state index < -0.39 is 0 Å². The van der Waals surface area contributed by atoms with Crippen molar-refractivity contribution in [3.8, 4) is 0 Å². The van der Waals surface area contributed by atoms with Gasteiger partial charge in [-0.3, -0.25) is 0 Å². The Morgan fingerprint density at radius 3 is 1.46 bits per heavy atom. The van der Waals surface area contributed by atoms with E-state index in [-0.39, 0.29) is 39.7 Å². The average Bonchev–Trinajstić information content (AvgIpc) is 3.61. The minimum absolute atomic E-state index is 0.0290. The lowest BCUT2D eigenvalue weighted by Gasteiger charge is -2.12. The lowest BCUT2D eigenvalue weighted by molar-refractivity contribution is 0.212. The van der Waals surface area contributed by atoms with E-state index in [1.807, 2.05) is 0 Å². The number of hydrogen-bond acceptors (Lipinski definition) is 7. The van der Waals surface area contributed by atoms with Gasteiger partial charge < -0.3 is 33.2 Å². The molecule has 0 spiro atoms. The molecule has 0 aromatic rings. The van der Waals surface area contributed by atoms with E-state index in [4.69, 9.17) is 33.2 Å². The fraction of sp³-hybridized carbons (Fsp3) is 1.00. The van der Waals surface area contributed by atoms with Gasteiger partial charge in [-0.2, -0.15) is 0 Å². The molecule has 0 N–H and O–H groups in total. The lowest BCUT2D eigenvalue weighted by Crippen LogP contribution is -2.24. The first-order valence-corrected chi connectivity index (χ1v) is 15.0. The Balaban J connectivity index is 0.785. The summed E-state index contributed by atoms with van der Waals surface area (Å²) in [4.78, 5) is 0. The van der Waals surface area contributed by atoms with Crippen LogP contribution in [-0.2, 0) is 33.2 Å². The first kappa shape index (κ1) is 25.7. The Kier molecular flexibility index (Phi) is 5.65. The minimum atomic E-state index is -0.0554. The summed E-state index contributed by atoms with van der Waals surface area (Å²) in [5, 5.41) is 0. The molecule has 7 aliphatic rings. The van der Waals surface area contributed by atoms with Gasteiger partial charge in [0, 0.05) is 0 Å². The van der Waals surface area contributed by atoms with Gasteiger partial charge in [-0.15, -0.1) is 0 Å². The maximum atomic E-state index is 6.16. The molecule has 7 rings (SSSR count). The first-order chi connectivity index (χ1) is 17.4. The van der Waals surface area contributed by atoms with Crippen LogP contribution in [0.15, 0.2) is 0 Å². The molecule has 7 aliphatic heterocycles.